The number of nitrogens with zero attached hydrogens (tertiary/aromatic N) is 5. The van der Waals surface area contributed by atoms with Gasteiger partial charge in [0.05, 0.1) is 33.5 Å². The van der Waals surface area contributed by atoms with Crippen molar-refractivity contribution in [2.45, 2.75) is 12.4 Å². The zero-order valence-corrected chi connectivity index (χ0v) is 29.0. The fourth-order valence-corrected chi connectivity index (χ4v) is 5.81. The molecule has 0 atom stereocenters. The van der Waals surface area contributed by atoms with Gasteiger partial charge in [0.25, 0.3) is 0 Å². The van der Waals surface area contributed by atoms with Gasteiger partial charge in [-0.05, 0) is 84.9 Å². The van der Waals surface area contributed by atoms with Crippen LogP contribution in [0.5, 0.6) is 0 Å². The van der Waals surface area contributed by atoms with E-state index in [4.69, 9.17) is 11.6 Å². The molecule has 0 aliphatic rings. The van der Waals surface area contributed by atoms with Crippen LogP contribution in [0, 0.1) is 0 Å². The second kappa shape index (κ2) is 15.4. The Kier molecular flexibility index (Phi) is 10.3. The lowest BCUT2D eigenvalue weighted by Crippen LogP contribution is -2.04. The van der Waals surface area contributed by atoms with Crippen molar-refractivity contribution in [2.24, 2.45) is 0 Å². The third kappa shape index (κ3) is 8.79. The molecule has 0 spiro atoms. The number of hydrogen-bond donors (Lipinski definition) is 2. The maximum absolute atomic E-state index is 12.7. The average molecular weight is 766 g/mol. The van der Waals surface area contributed by atoms with Crippen molar-refractivity contribution in [2.75, 3.05) is 10.6 Å². The van der Waals surface area contributed by atoms with Gasteiger partial charge in [-0.25, -0.2) is 9.97 Å². The molecule has 0 saturated heterocycles. The smallest absolute Gasteiger partial charge is 0.355 e. The highest BCUT2D eigenvalue weighted by atomic mass is 35.5. The largest absolute Gasteiger partial charge is 0.416 e. The molecule has 8 rings (SSSR count). The summed E-state index contributed by atoms with van der Waals surface area (Å²) in [6.45, 7) is 0. The summed E-state index contributed by atoms with van der Waals surface area (Å²) in [4.78, 5) is 21.4. The molecule has 0 saturated carbocycles. The van der Waals surface area contributed by atoms with Gasteiger partial charge in [0.15, 0.2) is 5.82 Å². The van der Waals surface area contributed by atoms with Crippen molar-refractivity contribution < 1.29 is 26.3 Å². The summed E-state index contributed by atoms with van der Waals surface area (Å²) in [7, 11) is 0. The summed E-state index contributed by atoms with van der Waals surface area (Å²) < 4.78 is 76.1. The lowest BCUT2D eigenvalue weighted by atomic mass is 10.1. The van der Waals surface area contributed by atoms with Crippen LogP contribution in [0.1, 0.15) is 11.1 Å². The molecule has 0 radical (unpaired) electrons. The van der Waals surface area contributed by atoms with Crippen molar-refractivity contribution in [3.8, 4) is 22.5 Å². The number of anilines is 4. The highest BCUT2D eigenvalue weighted by Gasteiger charge is 2.30. The Morgan fingerprint density at radius 2 is 1.02 bits per heavy atom. The molecule has 0 aliphatic carbocycles. The molecule has 14 heteroatoms. The van der Waals surface area contributed by atoms with Gasteiger partial charge in [-0.15, -0.1) is 0 Å². The first-order valence-corrected chi connectivity index (χ1v) is 16.8. The minimum atomic E-state index is -4.39. The number of pyridine rings is 3. The molecule has 8 aromatic rings. The van der Waals surface area contributed by atoms with Crippen molar-refractivity contribution >= 4 is 56.3 Å². The summed E-state index contributed by atoms with van der Waals surface area (Å²) in [6.07, 6.45) is -2.29. The summed E-state index contributed by atoms with van der Waals surface area (Å²) in [5, 5.41) is 8.33. The molecular weight excluding hydrogens is 740 g/mol. The first-order valence-electron chi connectivity index (χ1n) is 16.5. The Bertz CT molecular complexity index is 2600. The zero-order valence-electron chi connectivity index (χ0n) is 28.2. The van der Waals surface area contributed by atoms with Crippen LogP contribution < -0.4 is 10.6 Å². The SMILES string of the molecule is FC(F)(F)c1ccc(Nc2ccnc(-c3ccc4cccnc4c3)c2)cc1.FC(F)(F)c1ccc(Nc2ncnc(-c3ccc4cccnc4c3)c2Cl)cc1. The lowest BCUT2D eigenvalue weighted by Gasteiger charge is -2.12. The van der Waals surface area contributed by atoms with Crippen LogP contribution in [0.25, 0.3) is 44.3 Å². The van der Waals surface area contributed by atoms with Crippen molar-refractivity contribution in [1.82, 2.24) is 24.9 Å². The number of fused-ring (bicyclic) bond motifs is 2. The molecule has 7 nitrogen and oxygen atoms in total. The summed E-state index contributed by atoms with van der Waals surface area (Å²) in [6, 6.07) is 32.4. The standard InChI is InChI=1S/C21H14F3N3.C20H12ClF3N4/c22-21(23,24)16-5-7-17(8-6-16)27-18-9-11-26-20(13-18)15-4-3-14-2-1-10-25-19(14)12-15;21-17-18(13-4-3-12-2-1-9-25-16(12)10-13)26-11-27-19(17)28-15-7-5-14(6-8-15)20(22,23)24/h1-13H,(H,26,27);1-11H,(H,26,27,28). The lowest BCUT2D eigenvalue weighted by molar-refractivity contribution is -0.138. The highest BCUT2D eigenvalue weighted by Crippen LogP contribution is 2.35. The van der Waals surface area contributed by atoms with E-state index in [9.17, 15) is 26.3 Å². The fourth-order valence-electron chi connectivity index (χ4n) is 5.55. The van der Waals surface area contributed by atoms with E-state index in [0.717, 1.165) is 68.6 Å². The molecule has 2 N–H and O–H groups in total. The summed E-state index contributed by atoms with van der Waals surface area (Å²) in [5.74, 6) is 0.299. The van der Waals surface area contributed by atoms with Gasteiger partial charge in [-0.1, -0.05) is 48.0 Å². The first kappa shape index (κ1) is 36.7. The molecule has 0 fully saturated rings. The number of nitrogens with one attached hydrogen (secondary N) is 2. The molecule has 4 aromatic heterocycles. The number of benzene rings is 4. The van der Waals surface area contributed by atoms with Crippen LogP contribution in [-0.2, 0) is 12.4 Å². The van der Waals surface area contributed by atoms with Crippen molar-refractivity contribution in [3.63, 3.8) is 0 Å². The van der Waals surface area contributed by atoms with Gasteiger partial charge in [-0.2, -0.15) is 26.3 Å². The van der Waals surface area contributed by atoms with E-state index < -0.39 is 23.5 Å². The van der Waals surface area contributed by atoms with Gasteiger partial charge in [0.2, 0.25) is 0 Å². The first-order chi connectivity index (χ1) is 26.4. The number of hydrogen-bond acceptors (Lipinski definition) is 7. The molecule has 0 bridgehead atoms. The number of rotatable bonds is 6. The number of alkyl halides is 6. The molecule has 4 heterocycles. The zero-order chi connectivity index (χ0) is 38.6. The fraction of sp³-hybridized carbons (Fsp3) is 0.0488. The highest BCUT2D eigenvalue weighted by molar-refractivity contribution is 6.35. The minimum absolute atomic E-state index is 0.262. The molecule has 0 aliphatic heterocycles. The van der Waals surface area contributed by atoms with E-state index in [1.54, 1.807) is 24.7 Å². The number of aromatic nitrogens is 5. The molecule has 0 amide bonds. The van der Waals surface area contributed by atoms with E-state index >= 15 is 0 Å². The van der Waals surface area contributed by atoms with E-state index in [1.807, 2.05) is 66.7 Å². The Balaban J connectivity index is 0.000000169. The second-order valence-electron chi connectivity index (χ2n) is 12.0. The predicted octanol–water partition coefficient (Wildman–Crippen LogP) is 12.2. The van der Waals surface area contributed by atoms with E-state index in [1.165, 1.54) is 30.6 Å². The third-order valence-corrected chi connectivity index (χ3v) is 8.66. The summed E-state index contributed by atoms with van der Waals surface area (Å²) in [5.41, 5.74) is 4.93. The van der Waals surface area contributed by atoms with Gasteiger partial charge >= 0.3 is 12.4 Å². The Hall–Kier alpha value is -6.60. The Morgan fingerprint density at radius 1 is 0.473 bits per heavy atom. The maximum Gasteiger partial charge on any atom is 0.416 e. The van der Waals surface area contributed by atoms with Crippen LogP contribution in [0.4, 0.5) is 49.2 Å². The molecule has 55 heavy (non-hydrogen) atoms. The maximum atomic E-state index is 12.7. The van der Waals surface area contributed by atoms with Crippen LogP contribution >= 0.6 is 11.6 Å². The van der Waals surface area contributed by atoms with Gasteiger partial charge in [0.1, 0.15) is 11.3 Å². The van der Waals surface area contributed by atoms with E-state index in [2.05, 4.69) is 35.6 Å². The quantitative estimate of drug-likeness (QED) is 0.163. The van der Waals surface area contributed by atoms with Crippen molar-refractivity contribution in [3.05, 3.63) is 162 Å². The van der Waals surface area contributed by atoms with E-state index in [-0.39, 0.29) is 5.02 Å². The predicted molar refractivity (Wildman–Crippen MR) is 202 cm³/mol. The van der Waals surface area contributed by atoms with Gasteiger partial charge in [0, 0.05) is 57.6 Å². The van der Waals surface area contributed by atoms with Crippen LogP contribution in [0.2, 0.25) is 5.02 Å². The molecular formula is C41H26ClF6N7. The van der Waals surface area contributed by atoms with Crippen LogP contribution in [0.15, 0.2) is 146 Å². The average Bonchev–Trinajstić information content (AvgIpc) is 3.18. The normalized spacial score (nSPS) is 11.5. The van der Waals surface area contributed by atoms with Gasteiger partial charge in [-0.3, -0.25) is 15.0 Å². The van der Waals surface area contributed by atoms with Crippen LogP contribution in [0.3, 0.4) is 0 Å². The summed E-state index contributed by atoms with van der Waals surface area (Å²) >= 11 is 6.46. The Labute approximate surface area is 314 Å². The van der Waals surface area contributed by atoms with Gasteiger partial charge < -0.3 is 10.6 Å². The molecule has 274 valence electrons. The van der Waals surface area contributed by atoms with E-state index in [0.29, 0.717) is 22.9 Å². The third-order valence-electron chi connectivity index (χ3n) is 8.31. The monoisotopic (exact) mass is 765 g/mol. The second-order valence-corrected chi connectivity index (χ2v) is 12.4. The number of halogens is 7. The Morgan fingerprint density at radius 3 is 1.60 bits per heavy atom. The topological polar surface area (TPSA) is 88.5 Å². The van der Waals surface area contributed by atoms with Crippen LogP contribution in [-0.4, -0.2) is 24.9 Å². The van der Waals surface area contributed by atoms with Crippen molar-refractivity contribution in [1.29, 1.82) is 0 Å². The molecule has 0 unspecified atom stereocenters. The molecule has 4 aromatic carbocycles. The minimum Gasteiger partial charge on any atom is -0.355 e.